The number of carbonyl (C=O) groups is 1. The van der Waals surface area contributed by atoms with Crippen molar-refractivity contribution in [2.75, 3.05) is 20.3 Å². The molecule has 0 fully saturated rings. The number of hydrogen-bond donors (Lipinski definition) is 2. The molecule has 1 unspecified atom stereocenters. The van der Waals surface area contributed by atoms with Gasteiger partial charge < -0.3 is 15.8 Å². The quantitative estimate of drug-likeness (QED) is 0.625. The van der Waals surface area contributed by atoms with Crippen LogP contribution in [0.4, 0.5) is 13.2 Å². The highest BCUT2D eigenvalue weighted by Gasteiger charge is 2.25. The van der Waals surface area contributed by atoms with E-state index >= 15 is 0 Å². The summed E-state index contributed by atoms with van der Waals surface area (Å²) in [5.74, 6) is -0.321. The molecule has 18 heavy (non-hydrogen) atoms. The van der Waals surface area contributed by atoms with E-state index in [2.05, 4.69) is 5.32 Å². The summed E-state index contributed by atoms with van der Waals surface area (Å²) in [4.78, 5) is 11.4. The highest BCUT2D eigenvalue weighted by Crippen LogP contribution is 2.21. The second-order valence-corrected chi connectivity index (χ2v) is 4.10. The Labute approximate surface area is 105 Å². The van der Waals surface area contributed by atoms with Crippen molar-refractivity contribution in [3.63, 3.8) is 0 Å². The third-order valence-electron chi connectivity index (χ3n) is 2.39. The van der Waals surface area contributed by atoms with Crippen molar-refractivity contribution in [2.24, 2.45) is 5.73 Å². The number of carbonyl (C=O) groups excluding carboxylic acids is 1. The van der Waals surface area contributed by atoms with Crippen molar-refractivity contribution >= 4 is 5.91 Å². The van der Waals surface area contributed by atoms with Crippen LogP contribution in [0.3, 0.4) is 0 Å². The molecule has 0 saturated heterocycles. The number of hydrogen-bond acceptors (Lipinski definition) is 3. The van der Waals surface area contributed by atoms with Crippen LogP contribution in [0.15, 0.2) is 0 Å². The lowest BCUT2D eigenvalue weighted by atomic mass is 10.1. The first-order valence-electron chi connectivity index (χ1n) is 5.96. The molecule has 0 bridgehead atoms. The smallest absolute Gasteiger partial charge is 0.385 e. The lowest BCUT2D eigenvalue weighted by Gasteiger charge is -2.12. The van der Waals surface area contributed by atoms with Crippen LogP contribution >= 0.6 is 0 Å². The zero-order valence-electron chi connectivity index (χ0n) is 10.6. The minimum absolute atomic E-state index is 0.0166. The van der Waals surface area contributed by atoms with Gasteiger partial charge in [-0.1, -0.05) is 0 Å². The monoisotopic (exact) mass is 270 g/mol. The zero-order valence-corrected chi connectivity index (χ0v) is 10.6. The summed E-state index contributed by atoms with van der Waals surface area (Å²) in [7, 11) is 1.56. The van der Waals surface area contributed by atoms with Crippen LogP contribution in [0.25, 0.3) is 0 Å². The van der Waals surface area contributed by atoms with Crippen LogP contribution in [0.2, 0.25) is 0 Å². The molecule has 0 spiro atoms. The summed E-state index contributed by atoms with van der Waals surface area (Å²) in [6.45, 7) is 0.763. The van der Waals surface area contributed by atoms with Crippen molar-refractivity contribution in [1.82, 2.24) is 5.32 Å². The first kappa shape index (κ1) is 17.2. The number of ether oxygens (including phenoxy) is 1. The Morgan fingerprint density at radius 1 is 1.33 bits per heavy atom. The lowest BCUT2D eigenvalue weighted by molar-refractivity contribution is -0.135. The molecule has 1 amide bonds. The van der Waals surface area contributed by atoms with Crippen molar-refractivity contribution in [1.29, 1.82) is 0 Å². The first-order chi connectivity index (χ1) is 8.37. The van der Waals surface area contributed by atoms with Gasteiger partial charge in [0.25, 0.3) is 0 Å². The second kappa shape index (κ2) is 9.16. The number of amides is 1. The second-order valence-electron chi connectivity index (χ2n) is 4.10. The van der Waals surface area contributed by atoms with Gasteiger partial charge in [-0.3, -0.25) is 4.79 Å². The molecule has 0 aromatic rings. The maximum Gasteiger partial charge on any atom is 0.389 e. The molecule has 3 N–H and O–H groups in total. The fourth-order valence-electron chi connectivity index (χ4n) is 1.37. The minimum atomic E-state index is -4.12. The van der Waals surface area contributed by atoms with Gasteiger partial charge in [0.15, 0.2) is 0 Å². The van der Waals surface area contributed by atoms with Gasteiger partial charge in [0, 0.05) is 26.7 Å². The van der Waals surface area contributed by atoms with E-state index < -0.39 is 18.6 Å². The Balaban J connectivity index is 3.52. The van der Waals surface area contributed by atoms with E-state index in [9.17, 15) is 18.0 Å². The molecule has 108 valence electrons. The van der Waals surface area contributed by atoms with Gasteiger partial charge in [0.2, 0.25) is 5.91 Å². The van der Waals surface area contributed by atoms with Crippen LogP contribution in [0, 0.1) is 0 Å². The summed E-state index contributed by atoms with van der Waals surface area (Å²) in [5.41, 5.74) is 5.59. The third-order valence-corrected chi connectivity index (χ3v) is 2.39. The number of rotatable bonds is 9. The van der Waals surface area contributed by atoms with Crippen LogP contribution in [-0.2, 0) is 9.53 Å². The zero-order chi connectivity index (χ0) is 14.0. The molecule has 1 atom stereocenters. The van der Waals surface area contributed by atoms with E-state index in [0.29, 0.717) is 25.9 Å². The van der Waals surface area contributed by atoms with E-state index in [0.717, 1.165) is 0 Å². The fraction of sp³-hybridized carbons (Fsp3) is 0.909. The summed E-state index contributed by atoms with van der Waals surface area (Å²) in [6.07, 6.45) is -3.44. The van der Waals surface area contributed by atoms with Gasteiger partial charge in [-0.2, -0.15) is 13.2 Å². The third kappa shape index (κ3) is 10.3. The maximum absolute atomic E-state index is 11.8. The van der Waals surface area contributed by atoms with Gasteiger partial charge in [-0.05, 0) is 25.7 Å². The average molecular weight is 270 g/mol. The molecule has 0 saturated carbocycles. The van der Waals surface area contributed by atoms with E-state index in [1.54, 1.807) is 7.11 Å². The van der Waals surface area contributed by atoms with Gasteiger partial charge in [0.05, 0.1) is 6.04 Å². The average Bonchev–Trinajstić information content (AvgIpc) is 2.27. The Bertz CT molecular complexity index is 235. The molecular formula is C11H21F3N2O2. The highest BCUT2D eigenvalue weighted by atomic mass is 19.4. The maximum atomic E-state index is 11.8. The number of nitrogens with one attached hydrogen (secondary N) is 1. The number of halogens is 3. The number of methoxy groups -OCH3 is 1. The molecular weight excluding hydrogens is 249 g/mol. The summed E-state index contributed by atoms with van der Waals surface area (Å²) < 4.78 is 40.3. The van der Waals surface area contributed by atoms with Crippen molar-refractivity contribution in [2.45, 2.75) is 44.3 Å². The van der Waals surface area contributed by atoms with Crippen LogP contribution in [0.1, 0.15) is 32.1 Å². The predicted molar refractivity (Wildman–Crippen MR) is 62.0 cm³/mol. The standard InChI is InChI=1S/C11H21F3N2O2/c1-18-8-4-5-9(15)10(17)16-7-3-2-6-11(12,13)14/h9H,2-8,15H2,1H3,(H,16,17). The molecule has 0 aliphatic rings. The number of nitrogens with two attached hydrogens (primary N) is 1. The minimum Gasteiger partial charge on any atom is -0.385 e. The van der Waals surface area contributed by atoms with Crippen molar-refractivity contribution < 1.29 is 22.7 Å². The molecule has 0 aliphatic heterocycles. The first-order valence-corrected chi connectivity index (χ1v) is 5.96. The fourth-order valence-corrected chi connectivity index (χ4v) is 1.37. The van der Waals surface area contributed by atoms with Gasteiger partial charge in [-0.25, -0.2) is 0 Å². The molecule has 0 rings (SSSR count). The van der Waals surface area contributed by atoms with Gasteiger partial charge in [0.1, 0.15) is 0 Å². The van der Waals surface area contributed by atoms with E-state index in [-0.39, 0.29) is 18.9 Å². The number of alkyl halides is 3. The Morgan fingerprint density at radius 2 is 2.00 bits per heavy atom. The molecule has 0 radical (unpaired) electrons. The van der Waals surface area contributed by atoms with Crippen LogP contribution in [0.5, 0.6) is 0 Å². The van der Waals surface area contributed by atoms with Crippen LogP contribution in [-0.4, -0.2) is 38.4 Å². The summed E-state index contributed by atoms with van der Waals surface area (Å²) in [6, 6.07) is -0.622. The molecule has 0 aromatic carbocycles. The molecule has 7 heteroatoms. The number of unbranched alkanes of at least 4 members (excludes halogenated alkanes) is 1. The Morgan fingerprint density at radius 3 is 2.56 bits per heavy atom. The lowest BCUT2D eigenvalue weighted by Crippen LogP contribution is -2.41. The van der Waals surface area contributed by atoms with Crippen LogP contribution < -0.4 is 11.1 Å². The molecule has 4 nitrogen and oxygen atoms in total. The predicted octanol–water partition coefficient (Wildman–Crippen LogP) is 1.59. The molecule has 0 aromatic heterocycles. The van der Waals surface area contributed by atoms with E-state index in [1.807, 2.05) is 0 Å². The summed E-state index contributed by atoms with van der Waals surface area (Å²) in [5, 5.41) is 2.52. The molecule has 0 heterocycles. The largest absolute Gasteiger partial charge is 0.389 e. The Kier molecular flexibility index (Phi) is 8.74. The van der Waals surface area contributed by atoms with E-state index in [1.165, 1.54) is 0 Å². The molecule has 0 aliphatic carbocycles. The summed E-state index contributed by atoms with van der Waals surface area (Å²) >= 11 is 0. The topological polar surface area (TPSA) is 64.3 Å². The Hall–Kier alpha value is -0.820. The van der Waals surface area contributed by atoms with Crippen molar-refractivity contribution in [3.8, 4) is 0 Å². The van der Waals surface area contributed by atoms with Gasteiger partial charge in [-0.15, -0.1) is 0 Å². The normalized spacial score (nSPS) is 13.4. The SMILES string of the molecule is COCCCC(N)C(=O)NCCCCC(F)(F)F. The highest BCUT2D eigenvalue weighted by molar-refractivity contribution is 5.81. The van der Waals surface area contributed by atoms with Gasteiger partial charge >= 0.3 is 6.18 Å². The van der Waals surface area contributed by atoms with E-state index in [4.69, 9.17) is 10.5 Å². The van der Waals surface area contributed by atoms with Crippen molar-refractivity contribution in [3.05, 3.63) is 0 Å².